The number of imidazole rings is 1. The summed E-state index contributed by atoms with van der Waals surface area (Å²) < 4.78 is 2.08. The number of aromatic hydroxyl groups is 1. The lowest BCUT2D eigenvalue weighted by atomic mass is 9.95. The van der Waals surface area contributed by atoms with Crippen LogP contribution in [0.3, 0.4) is 0 Å². The predicted octanol–water partition coefficient (Wildman–Crippen LogP) is 3.74. The number of aromatic nitrogens is 4. The number of phenols is 1. The van der Waals surface area contributed by atoms with Crippen LogP contribution in [-0.4, -0.2) is 46.8 Å². The van der Waals surface area contributed by atoms with Crippen molar-refractivity contribution in [3.05, 3.63) is 40.2 Å². The zero-order valence-electron chi connectivity index (χ0n) is 18.8. The summed E-state index contributed by atoms with van der Waals surface area (Å²) in [5.41, 5.74) is 0.574. The molecule has 11 nitrogen and oxygen atoms in total. The molecule has 1 fully saturated rings. The van der Waals surface area contributed by atoms with E-state index in [1.54, 1.807) is 20.2 Å². The summed E-state index contributed by atoms with van der Waals surface area (Å²) in [5, 5.41) is 37.6. The fourth-order valence-corrected chi connectivity index (χ4v) is 4.05. The fraction of sp³-hybridized carbons (Fsp3) is 0.500. The lowest BCUT2D eigenvalue weighted by Gasteiger charge is -2.23. The molecule has 0 aliphatic heterocycles. The SMILES string of the molecule is CC(C)(O)CNc1nc(NCc2cc([N+](=O)[O-])ccc2O)c2ncn(C3CCCCC3)c2n1. The number of hydrogen-bond acceptors (Lipinski definition) is 9. The van der Waals surface area contributed by atoms with Gasteiger partial charge in [0.2, 0.25) is 5.95 Å². The standard InChI is InChI=1S/C22H29N7O4/c1-22(2,31)12-24-21-26-19(23-11-14-10-16(29(32)33)8-9-17(14)30)18-20(27-21)28(13-25-18)15-6-4-3-5-7-15/h8-10,13,15,30-31H,3-7,11-12H2,1-2H3,(H2,23,24,26,27). The molecule has 0 bridgehead atoms. The molecule has 0 atom stereocenters. The third-order valence-electron chi connectivity index (χ3n) is 5.79. The van der Waals surface area contributed by atoms with E-state index in [1.165, 1.54) is 24.6 Å². The highest BCUT2D eigenvalue weighted by Gasteiger charge is 2.22. The first kappa shape index (κ1) is 22.7. The van der Waals surface area contributed by atoms with Gasteiger partial charge in [-0.2, -0.15) is 9.97 Å². The molecule has 2 aromatic heterocycles. The van der Waals surface area contributed by atoms with Crippen molar-refractivity contribution in [3.8, 4) is 5.75 Å². The summed E-state index contributed by atoms with van der Waals surface area (Å²) in [6.07, 6.45) is 7.46. The molecule has 176 valence electrons. The molecular weight excluding hydrogens is 426 g/mol. The molecule has 3 aromatic rings. The van der Waals surface area contributed by atoms with Gasteiger partial charge >= 0.3 is 0 Å². The van der Waals surface area contributed by atoms with Crippen LogP contribution in [0.15, 0.2) is 24.5 Å². The summed E-state index contributed by atoms with van der Waals surface area (Å²) in [6, 6.07) is 4.20. The second kappa shape index (κ2) is 9.18. The van der Waals surface area contributed by atoms with Gasteiger partial charge in [0.05, 0.1) is 16.9 Å². The Morgan fingerprint density at radius 1 is 1.21 bits per heavy atom. The van der Waals surface area contributed by atoms with Crippen LogP contribution in [0.1, 0.15) is 57.6 Å². The highest BCUT2D eigenvalue weighted by Crippen LogP contribution is 2.32. The van der Waals surface area contributed by atoms with Gasteiger partial charge in [0.1, 0.15) is 5.75 Å². The van der Waals surface area contributed by atoms with Crippen molar-refractivity contribution in [1.82, 2.24) is 19.5 Å². The summed E-state index contributed by atoms with van der Waals surface area (Å²) in [4.78, 5) is 24.4. The first-order valence-corrected chi connectivity index (χ1v) is 11.1. The number of hydrogen-bond donors (Lipinski definition) is 4. The molecule has 1 aromatic carbocycles. The van der Waals surface area contributed by atoms with E-state index in [4.69, 9.17) is 0 Å². The van der Waals surface area contributed by atoms with E-state index in [-0.39, 0.29) is 24.5 Å². The second-order valence-electron chi connectivity index (χ2n) is 9.10. The van der Waals surface area contributed by atoms with Gasteiger partial charge in [-0.15, -0.1) is 0 Å². The topological polar surface area (TPSA) is 151 Å². The molecule has 0 amide bonds. The lowest BCUT2D eigenvalue weighted by Crippen LogP contribution is -2.30. The number of aliphatic hydroxyl groups is 1. The number of nitro groups is 1. The maximum absolute atomic E-state index is 11.1. The van der Waals surface area contributed by atoms with Crippen LogP contribution in [0, 0.1) is 10.1 Å². The Labute approximate surface area is 191 Å². The molecule has 11 heteroatoms. The monoisotopic (exact) mass is 455 g/mol. The summed E-state index contributed by atoms with van der Waals surface area (Å²) in [6.45, 7) is 3.74. The molecule has 0 saturated heterocycles. The van der Waals surface area contributed by atoms with Crippen molar-refractivity contribution in [2.45, 2.75) is 64.1 Å². The van der Waals surface area contributed by atoms with Crippen LogP contribution < -0.4 is 10.6 Å². The Morgan fingerprint density at radius 2 is 1.97 bits per heavy atom. The van der Waals surface area contributed by atoms with Gasteiger partial charge < -0.3 is 25.4 Å². The van der Waals surface area contributed by atoms with E-state index >= 15 is 0 Å². The minimum atomic E-state index is -0.954. The van der Waals surface area contributed by atoms with Crippen molar-refractivity contribution in [1.29, 1.82) is 0 Å². The Morgan fingerprint density at radius 3 is 2.67 bits per heavy atom. The largest absolute Gasteiger partial charge is 0.508 e. The van der Waals surface area contributed by atoms with Gasteiger partial charge in [0.15, 0.2) is 17.0 Å². The number of nitro benzene ring substituents is 1. The third-order valence-corrected chi connectivity index (χ3v) is 5.79. The number of nitrogens with one attached hydrogen (secondary N) is 2. The van der Waals surface area contributed by atoms with E-state index in [0.717, 1.165) is 25.7 Å². The van der Waals surface area contributed by atoms with E-state index < -0.39 is 10.5 Å². The fourth-order valence-electron chi connectivity index (χ4n) is 4.05. The van der Waals surface area contributed by atoms with E-state index in [1.807, 2.05) is 0 Å². The second-order valence-corrected chi connectivity index (χ2v) is 9.10. The maximum Gasteiger partial charge on any atom is 0.270 e. The highest BCUT2D eigenvalue weighted by atomic mass is 16.6. The van der Waals surface area contributed by atoms with Crippen molar-refractivity contribution < 1.29 is 15.1 Å². The van der Waals surface area contributed by atoms with Gasteiger partial charge in [-0.05, 0) is 32.8 Å². The van der Waals surface area contributed by atoms with Gasteiger partial charge in [0.25, 0.3) is 5.69 Å². The first-order chi connectivity index (χ1) is 15.7. The maximum atomic E-state index is 11.1. The number of anilines is 2. The Bertz CT molecular complexity index is 1150. The predicted molar refractivity (Wildman–Crippen MR) is 124 cm³/mol. The summed E-state index contributed by atoms with van der Waals surface area (Å²) in [7, 11) is 0. The summed E-state index contributed by atoms with van der Waals surface area (Å²) in [5.74, 6) is 0.734. The molecular formula is C22H29N7O4. The van der Waals surface area contributed by atoms with Gasteiger partial charge in [-0.25, -0.2) is 4.98 Å². The average molecular weight is 456 g/mol. The van der Waals surface area contributed by atoms with Crippen LogP contribution in [0.5, 0.6) is 5.75 Å². The van der Waals surface area contributed by atoms with Gasteiger partial charge in [-0.1, -0.05) is 19.3 Å². The van der Waals surface area contributed by atoms with Crippen molar-refractivity contribution in [3.63, 3.8) is 0 Å². The number of fused-ring (bicyclic) bond motifs is 1. The Kier molecular flexibility index (Phi) is 6.32. The van der Waals surface area contributed by atoms with Crippen LogP contribution >= 0.6 is 0 Å². The molecule has 1 aliphatic carbocycles. The molecule has 4 rings (SSSR count). The molecule has 0 radical (unpaired) electrons. The molecule has 1 aliphatic rings. The van der Waals surface area contributed by atoms with E-state index in [2.05, 4.69) is 30.2 Å². The number of benzene rings is 1. The zero-order valence-corrected chi connectivity index (χ0v) is 18.8. The molecule has 2 heterocycles. The Balaban J connectivity index is 1.67. The lowest BCUT2D eigenvalue weighted by molar-refractivity contribution is -0.384. The van der Waals surface area contributed by atoms with Crippen LogP contribution in [0.4, 0.5) is 17.5 Å². The smallest absolute Gasteiger partial charge is 0.270 e. The Hall–Kier alpha value is -3.47. The number of non-ortho nitro benzene ring substituents is 1. The zero-order chi connectivity index (χ0) is 23.6. The highest BCUT2D eigenvalue weighted by molar-refractivity contribution is 5.84. The average Bonchev–Trinajstić information content (AvgIpc) is 3.21. The third kappa shape index (κ3) is 5.30. The number of rotatable bonds is 8. The van der Waals surface area contributed by atoms with Gasteiger partial charge in [0, 0.05) is 36.8 Å². The van der Waals surface area contributed by atoms with Crippen LogP contribution in [0.25, 0.3) is 11.2 Å². The van der Waals surface area contributed by atoms with Crippen LogP contribution in [-0.2, 0) is 6.54 Å². The van der Waals surface area contributed by atoms with E-state index in [0.29, 0.717) is 34.5 Å². The molecule has 33 heavy (non-hydrogen) atoms. The first-order valence-electron chi connectivity index (χ1n) is 11.1. The minimum Gasteiger partial charge on any atom is -0.508 e. The normalized spacial score (nSPS) is 15.0. The number of nitrogens with zero attached hydrogens (tertiary/aromatic N) is 5. The quantitative estimate of drug-likeness (QED) is 0.294. The molecule has 0 spiro atoms. The molecule has 1 saturated carbocycles. The van der Waals surface area contributed by atoms with Gasteiger partial charge in [-0.3, -0.25) is 10.1 Å². The summed E-state index contributed by atoms with van der Waals surface area (Å²) >= 11 is 0. The molecule has 4 N–H and O–H groups in total. The van der Waals surface area contributed by atoms with E-state index in [9.17, 15) is 20.3 Å². The minimum absolute atomic E-state index is 0.0495. The number of phenolic OH excluding ortho intramolecular Hbond substituents is 1. The van der Waals surface area contributed by atoms with Crippen molar-refractivity contribution in [2.75, 3.05) is 17.2 Å². The molecule has 0 unspecified atom stereocenters. The van der Waals surface area contributed by atoms with Crippen molar-refractivity contribution >= 4 is 28.6 Å². The van der Waals surface area contributed by atoms with Crippen molar-refractivity contribution in [2.24, 2.45) is 0 Å². The van der Waals surface area contributed by atoms with Crippen LogP contribution in [0.2, 0.25) is 0 Å².